The Hall–Kier alpha value is -1.37. The van der Waals surface area contributed by atoms with Crippen LogP contribution in [-0.2, 0) is 5.54 Å². The molecule has 3 unspecified atom stereocenters. The summed E-state index contributed by atoms with van der Waals surface area (Å²) in [5, 5.41) is 12.8. The van der Waals surface area contributed by atoms with Gasteiger partial charge in [0.05, 0.1) is 12.0 Å². The van der Waals surface area contributed by atoms with E-state index in [1.807, 2.05) is 0 Å². The maximum absolute atomic E-state index is 9.36. The monoisotopic (exact) mass is 255 g/mol. The minimum absolute atomic E-state index is 0.00963. The maximum atomic E-state index is 9.36. The van der Waals surface area contributed by atoms with Gasteiger partial charge >= 0.3 is 0 Å². The van der Waals surface area contributed by atoms with Crippen LogP contribution in [0.15, 0.2) is 30.3 Å². The van der Waals surface area contributed by atoms with Crippen LogP contribution in [0.4, 0.5) is 0 Å². The molecule has 1 N–H and O–H groups in total. The number of piperazine rings is 1. The van der Waals surface area contributed by atoms with Gasteiger partial charge < -0.3 is 5.32 Å². The van der Waals surface area contributed by atoms with E-state index in [2.05, 4.69) is 60.5 Å². The first kappa shape index (κ1) is 12.7. The zero-order chi connectivity index (χ0) is 13.5. The van der Waals surface area contributed by atoms with E-state index >= 15 is 0 Å². The Bertz CT molecular complexity index is 488. The SMILES string of the molecule is CC(C)(c1ccccc1)N1C2CNCC1C(C#N)C2. The fourth-order valence-corrected chi connectivity index (χ4v) is 3.85. The average Bonchev–Trinajstić information content (AvgIpc) is 2.67. The summed E-state index contributed by atoms with van der Waals surface area (Å²) in [4.78, 5) is 2.58. The Kier molecular flexibility index (Phi) is 3.08. The third-order valence-electron chi connectivity index (χ3n) is 4.77. The largest absolute Gasteiger partial charge is 0.314 e. The predicted molar refractivity (Wildman–Crippen MR) is 75.5 cm³/mol. The molecule has 0 radical (unpaired) electrons. The van der Waals surface area contributed by atoms with Gasteiger partial charge in [-0.1, -0.05) is 30.3 Å². The first-order valence-corrected chi connectivity index (χ1v) is 7.09. The molecule has 3 nitrogen and oxygen atoms in total. The molecule has 3 atom stereocenters. The summed E-state index contributed by atoms with van der Waals surface area (Å²) in [7, 11) is 0. The van der Waals surface area contributed by atoms with E-state index in [0.717, 1.165) is 19.5 Å². The topological polar surface area (TPSA) is 39.1 Å². The number of benzene rings is 1. The molecule has 19 heavy (non-hydrogen) atoms. The van der Waals surface area contributed by atoms with Gasteiger partial charge in [0.2, 0.25) is 0 Å². The molecule has 2 aliphatic rings. The van der Waals surface area contributed by atoms with Crippen LogP contribution in [-0.4, -0.2) is 30.1 Å². The van der Waals surface area contributed by atoms with E-state index < -0.39 is 0 Å². The van der Waals surface area contributed by atoms with Gasteiger partial charge in [-0.05, 0) is 25.8 Å². The number of hydrogen-bond donors (Lipinski definition) is 1. The van der Waals surface area contributed by atoms with Gasteiger partial charge in [0.25, 0.3) is 0 Å². The van der Waals surface area contributed by atoms with Crippen molar-refractivity contribution in [2.45, 2.75) is 37.9 Å². The van der Waals surface area contributed by atoms with E-state index in [0.29, 0.717) is 12.1 Å². The van der Waals surface area contributed by atoms with Gasteiger partial charge in [-0.25, -0.2) is 0 Å². The Morgan fingerprint density at radius 2 is 2.00 bits per heavy atom. The molecule has 2 bridgehead atoms. The summed E-state index contributed by atoms with van der Waals surface area (Å²) >= 11 is 0. The minimum atomic E-state index is -0.00963. The number of hydrogen-bond acceptors (Lipinski definition) is 3. The van der Waals surface area contributed by atoms with E-state index in [-0.39, 0.29) is 11.5 Å². The van der Waals surface area contributed by atoms with Crippen LogP contribution in [0.25, 0.3) is 0 Å². The van der Waals surface area contributed by atoms with E-state index in [1.54, 1.807) is 0 Å². The molecule has 1 aromatic rings. The molecular weight excluding hydrogens is 234 g/mol. The molecule has 0 amide bonds. The van der Waals surface area contributed by atoms with Crippen molar-refractivity contribution >= 4 is 0 Å². The molecule has 0 aromatic heterocycles. The Balaban J connectivity index is 1.96. The number of nitriles is 1. The van der Waals surface area contributed by atoms with Crippen molar-refractivity contribution in [3.8, 4) is 6.07 Å². The van der Waals surface area contributed by atoms with E-state index in [4.69, 9.17) is 0 Å². The molecule has 0 aliphatic carbocycles. The van der Waals surface area contributed by atoms with E-state index in [9.17, 15) is 5.26 Å². The van der Waals surface area contributed by atoms with Crippen LogP contribution < -0.4 is 5.32 Å². The van der Waals surface area contributed by atoms with Crippen LogP contribution >= 0.6 is 0 Å². The normalized spacial score (nSPS) is 31.1. The van der Waals surface area contributed by atoms with Crippen molar-refractivity contribution in [2.75, 3.05) is 13.1 Å². The second-order valence-electron chi connectivity index (χ2n) is 6.18. The zero-order valence-electron chi connectivity index (χ0n) is 11.6. The smallest absolute Gasteiger partial charge is 0.0673 e. The van der Waals surface area contributed by atoms with Crippen LogP contribution in [0.5, 0.6) is 0 Å². The highest BCUT2D eigenvalue weighted by Gasteiger charge is 2.49. The van der Waals surface area contributed by atoms with Crippen molar-refractivity contribution in [1.82, 2.24) is 10.2 Å². The molecule has 3 heteroatoms. The molecule has 2 fully saturated rings. The predicted octanol–water partition coefficient (Wildman–Crippen LogP) is 2.11. The second kappa shape index (κ2) is 4.63. The number of nitrogens with zero attached hydrogens (tertiary/aromatic N) is 2. The minimum Gasteiger partial charge on any atom is -0.314 e. The van der Waals surface area contributed by atoms with Crippen LogP contribution in [0.2, 0.25) is 0 Å². The van der Waals surface area contributed by atoms with E-state index in [1.165, 1.54) is 5.56 Å². The summed E-state index contributed by atoms with van der Waals surface area (Å²) in [5.74, 6) is 0.169. The second-order valence-corrected chi connectivity index (χ2v) is 6.18. The van der Waals surface area contributed by atoms with Crippen molar-refractivity contribution < 1.29 is 0 Å². The Labute approximate surface area is 115 Å². The Morgan fingerprint density at radius 3 is 2.68 bits per heavy atom. The van der Waals surface area contributed by atoms with Gasteiger partial charge in [-0.3, -0.25) is 4.90 Å². The fourth-order valence-electron chi connectivity index (χ4n) is 3.85. The highest BCUT2D eigenvalue weighted by molar-refractivity contribution is 5.25. The summed E-state index contributed by atoms with van der Waals surface area (Å²) in [5.41, 5.74) is 1.33. The first-order chi connectivity index (χ1) is 9.14. The fraction of sp³-hybridized carbons (Fsp3) is 0.562. The highest BCUT2D eigenvalue weighted by Crippen LogP contribution is 2.41. The summed E-state index contributed by atoms with van der Waals surface area (Å²) in [6, 6.07) is 14.0. The third kappa shape index (κ3) is 1.96. The summed E-state index contributed by atoms with van der Waals surface area (Å²) < 4.78 is 0. The standard InChI is InChI=1S/C16H21N3/c1-16(2,13-6-4-3-5-7-13)19-14-8-12(9-17)15(19)11-18-10-14/h3-7,12,14-15,18H,8,10-11H2,1-2H3. The first-order valence-electron chi connectivity index (χ1n) is 7.09. The summed E-state index contributed by atoms with van der Waals surface area (Å²) in [6.07, 6.45) is 1.00. The number of fused-ring (bicyclic) bond motifs is 2. The molecule has 0 spiro atoms. The van der Waals surface area contributed by atoms with Crippen molar-refractivity contribution in [3.05, 3.63) is 35.9 Å². The van der Waals surface area contributed by atoms with Gasteiger partial charge in [-0.15, -0.1) is 0 Å². The van der Waals surface area contributed by atoms with Gasteiger partial charge in [0, 0.05) is 30.7 Å². The molecule has 2 aliphatic heterocycles. The Morgan fingerprint density at radius 1 is 1.26 bits per heavy atom. The van der Waals surface area contributed by atoms with Gasteiger partial charge in [0.15, 0.2) is 0 Å². The lowest BCUT2D eigenvalue weighted by Crippen LogP contribution is -2.59. The van der Waals surface area contributed by atoms with Crippen LogP contribution in [0.3, 0.4) is 0 Å². The number of nitrogens with one attached hydrogen (secondary N) is 1. The van der Waals surface area contributed by atoms with Crippen molar-refractivity contribution in [2.24, 2.45) is 5.92 Å². The van der Waals surface area contributed by atoms with Crippen molar-refractivity contribution in [3.63, 3.8) is 0 Å². The van der Waals surface area contributed by atoms with Gasteiger partial charge in [-0.2, -0.15) is 5.26 Å². The van der Waals surface area contributed by atoms with Crippen molar-refractivity contribution in [1.29, 1.82) is 5.26 Å². The lowest BCUT2D eigenvalue weighted by atomic mass is 9.89. The molecule has 100 valence electrons. The van der Waals surface area contributed by atoms with Crippen LogP contribution in [0.1, 0.15) is 25.8 Å². The highest BCUT2D eigenvalue weighted by atomic mass is 15.3. The average molecular weight is 255 g/mol. The summed E-state index contributed by atoms with van der Waals surface area (Å²) in [6.45, 7) is 6.51. The molecule has 2 saturated heterocycles. The molecule has 3 rings (SSSR count). The lowest BCUT2D eigenvalue weighted by Gasteiger charge is -2.47. The molecular formula is C16H21N3. The van der Waals surface area contributed by atoms with Gasteiger partial charge in [0.1, 0.15) is 0 Å². The van der Waals surface area contributed by atoms with Crippen LogP contribution in [0, 0.1) is 17.2 Å². The third-order valence-corrected chi connectivity index (χ3v) is 4.77. The maximum Gasteiger partial charge on any atom is 0.0673 e. The number of rotatable bonds is 2. The molecule has 0 saturated carbocycles. The molecule has 2 heterocycles. The molecule has 1 aromatic carbocycles. The lowest BCUT2D eigenvalue weighted by molar-refractivity contribution is 0.0353. The zero-order valence-corrected chi connectivity index (χ0v) is 11.6. The quantitative estimate of drug-likeness (QED) is 0.879.